The number of allylic oxidation sites excluding steroid dienone is 2. The number of carbonyl (C=O) groups excluding carboxylic acids is 2. The number of nitrogens with one attached hydrogen (secondary N) is 5. The zero-order chi connectivity index (χ0) is 50.2. The normalized spacial score (nSPS) is 15.2. The summed E-state index contributed by atoms with van der Waals surface area (Å²) >= 11 is 0. The molecule has 31 heteroatoms. The molecule has 0 amide bonds. The largest absolute Gasteiger partial charge is 0.506 e. The van der Waals surface area contributed by atoms with Crippen LogP contribution in [0.2, 0.25) is 0 Å². The number of hydrazone groups is 2. The molecule has 5 aromatic rings. The molecule has 7 rings (SSSR count). The molecular formula is C38H32N10O17S4. The van der Waals surface area contributed by atoms with Crippen molar-refractivity contribution < 1.29 is 76.4 Å². The second-order valence-electron chi connectivity index (χ2n) is 14.1. The highest BCUT2D eigenvalue weighted by atomic mass is 32.2. The minimum absolute atomic E-state index is 0.0232. The van der Waals surface area contributed by atoms with E-state index in [0.717, 1.165) is 42.5 Å². The molecule has 1 heterocycles. The lowest BCUT2D eigenvalue weighted by Crippen LogP contribution is -2.27. The lowest BCUT2D eigenvalue weighted by Gasteiger charge is -2.18. The molecule has 0 radical (unpaired) electrons. The van der Waals surface area contributed by atoms with Crippen LogP contribution in [0, 0.1) is 0 Å². The predicted octanol–water partition coefficient (Wildman–Crippen LogP) is 2.76. The van der Waals surface area contributed by atoms with Crippen molar-refractivity contribution in [3.05, 3.63) is 105 Å². The topological polar surface area (TPSA) is 425 Å². The first kappa shape index (κ1) is 49.2. The number of nitrogens with zero attached hydrogens (tertiary/aromatic N) is 5. The Balaban J connectivity index is 1.18. The smallest absolute Gasteiger partial charge is 0.296 e. The zero-order valence-electron chi connectivity index (χ0n) is 34.5. The summed E-state index contributed by atoms with van der Waals surface area (Å²) in [7, 11) is -18.8. The standard InChI is InChI=1S/C38H32N10O17S4/c1-65-22-4-8-26(29(16-22)67(56,57)58)45-47-32-30(68(59,60)61)14-18-12-20(2-6-24(18)34(32)51)40-37-42-36(39-10-11-49)43-38(44-37)41-21-3-7-25-19(13-21)15-31(69(62,63)64)33(35(25)52)48-46-27-17-23(66(53,54)55)5-9-28(27)50/h2-9,12-17,45-46,49-50H,10-11H2,1H3,(H,53,54,55)(H,56,57,58)(H,59,60,61)(H,62,63,64)(H3,39,40,41,42,43,44)/b47-32?,48-33-. The van der Waals surface area contributed by atoms with Crippen molar-refractivity contribution in [1.82, 2.24) is 15.0 Å². The number of benzene rings is 4. The van der Waals surface area contributed by atoms with E-state index in [-0.39, 0.29) is 76.1 Å². The van der Waals surface area contributed by atoms with Crippen molar-refractivity contribution in [3.63, 3.8) is 0 Å². The number of hydrogen-bond acceptors (Lipinski definition) is 23. The minimum Gasteiger partial charge on any atom is -0.506 e. The van der Waals surface area contributed by atoms with E-state index in [4.69, 9.17) is 4.74 Å². The summed E-state index contributed by atoms with van der Waals surface area (Å²) in [4.78, 5) is 36.7. The summed E-state index contributed by atoms with van der Waals surface area (Å²) in [6, 6.07) is 13.6. The molecule has 0 saturated carbocycles. The van der Waals surface area contributed by atoms with Crippen molar-refractivity contribution in [1.29, 1.82) is 0 Å². The van der Waals surface area contributed by atoms with Gasteiger partial charge in [0.2, 0.25) is 29.4 Å². The number of rotatable bonds is 16. The van der Waals surface area contributed by atoms with Gasteiger partial charge < -0.3 is 30.9 Å². The van der Waals surface area contributed by atoms with Crippen LogP contribution in [-0.2, 0) is 40.5 Å². The Kier molecular flexibility index (Phi) is 13.3. The molecule has 0 atom stereocenters. The Labute approximate surface area is 389 Å². The first-order valence-electron chi connectivity index (χ1n) is 18.9. The van der Waals surface area contributed by atoms with Gasteiger partial charge in [0.1, 0.15) is 26.2 Å². The van der Waals surface area contributed by atoms with Gasteiger partial charge >= 0.3 is 0 Å². The molecule has 2 aliphatic carbocycles. The average Bonchev–Trinajstić information content (AvgIpc) is 3.26. The number of anilines is 7. The maximum atomic E-state index is 13.7. The van der Waals surface area contributed by atoms with Crippen LogP contribution >= 0.6 is 0 Å². The number of hydrogen-bond donors (Lipinski definition) is 11. The van der Waals surface area contributed by atoms with Crippen molar-refractivity contribution in [2.45, 2.75) is 9.79 Å². The summed E-state index contributed by atoms with van der Waals surface area (Å²) < 4.78 is 142. The van der Waals surface area contributed by atoms with Gasteiger partial charge in [-0.25, -0.2) is 0 Å². The second-order valence-corrected chi connectivity index (χ2v) is 19.7. The van der Waals surface area contributed by atoms with Gasteiger partial charge in [-0.15, -0.1) is 0 Å². The SMILES string of the molecule is COc1ccc(NN=C2C(=O)c3ccc(Nc4nc(NCCO)nc(Nc5ccc6c(c5)C=C(S(=O)(=O)O)/C(=N/Nc5cc(S(=O)(=O)O)ccc5O)C6=O)n4)cc3C=C2S(=O)(=O)O)c(S(=O)(=O)O)c1. The Morgan fingerprint density at radius 2 is 1.10 bits per heavy atom. The highest BCUT2D eigenvalue weighted by Crippen LogP contribution is 2.33. The van der Waals surface area contributed by atoms with Gasteiger partial charge in [0, 0.05) is 35.1 Å². The van der Waals surface area contributed by atoms with Gasteiger partial charge in [-0.1, -0.05) is 0 Å². The third kappa shape index (κ3) is 11.0. The van der Waals surface area contributed by atoms with E-state index in [2.05, 4.69) is 52.0 Å². The van der Waals surface area contributed by atoms with Gasteiger partial charge in [-0.2, -0.15) is 58.8 Å². The third-order valence-corrected chi connectivity index (χ3v) is 12.9. The third-order valence-electron chi connectivity index (χ3n) is 9.47. The van der Waals surface area contributed by atoms with Gasteiger partial charge in [-0.3, -0.25) is 38.7 Å². The molecule has 2 aliphatic rings. The van der Waals surface area contributed by atoms with E-state index in [9.17, 15) is 71.7 Å². The van der Waals surface area contributed by atoms with E-state index in [1.54, 1.807) is 0 Å². The number of aromatic nitrogens is 3. The molecule has 0 bridgehead atoms. The number of phenolic OH excluding ortho intramolecular Hbond substituents is 1. The Bertz CT molecular complexity index is 3600. The number of aromatic hydroxyl groups is 1. The Morgan fingerprint density at radius 1 is 0.594 bits per heavy atom. The Hall–Kier alpha value is -7.75. The number of methoxy groups -OCH3 is 1. The minimum atomic E-state index is -5.18. The quantitative estimate of drug-likeness (QED) is 0.0384. The van der Waals surface area contributed by atoms with Crippen LogP contribution in [0.3, 0.4) is 0 Å². The monoisotopic (exact) mass is 1030 g/mol. The van der Waals surface area contributed by atoms with Crippen LogP contribution < -0.4 is 31.5 Å². The number of phenols is 1. The molecule has 27 nitrogen and oxygen atoms in total. The highest BCUT2D eigenvalue weighted by molar-refractivity contribution is 7.91. The number of carbonyl (C=O) groups is 2. The number of aliphatic hydroxyl groups excluding tert-OH is 1. The summed E-state index contributed by atoms with van der Waals surface area (Å²) in [5, 5.41) is 35.6. The molecule has 4 aromatic carbocycles. The average molecular weight is 1030 g/mol. The lowest BCUT2D eigenvalue weighted by atomic mass is 9.94. The van der Waals surface area contributed by atoms with Crippen molar-refractivity contribution in [3.8, 4) is 11.5 Å². The molecule has 0 unspecified atom stereocenters. The van der Waals surface area contributed by atoms with Crippen LogP contribution in [0.4, 0.5) is 40.6 Å². The van der Waals surface area contributed by atoms with E-state index >= 15 is 0 Å². The summed E-state index contributed by atoms with van der Waals surface area (Å²) in [5.41, 5.74) is 1.74. The fourth-order valence-electron chi connectivity index (χ4n) is 6.36. The van der Waals surface area contributed by atoms with Crippen LogP contribution in [0.5, 0.6) is 11.5 Å². The summed E-state index contributed by atoms with van der Waals surface area (Å²) in [5.74, 6) is -3.16. The molecule has 11 N–H and O–H groups in total. The molecular weight excluding hydrogens is 997 g/mol. The fourth-order valence-corrected chi connectivity index (χ4v) is 8.84. The maximum absolute atomic E-state index is 13.7. The molecule has 360 valence electrons. The van der Waals surface area contributed by atoms with E-state index in [0.29, 0.717) is 0 Å². The molecule has 69 heavy (non-hydrogen) atoms. The van der Waals surface area contributed by atoms with E-state index < -0.39 is 94.5 Å². The molecule has 0 spiro atoms. The number of ketones is 2. The fraction of sp³-hybridized carbons (Fsp3) is 0.0789. The van der Waals surface area contributed by atoms with Gasteiger partial charge in [0.05, 0.1) is 30.0 Å². The highest BCUT2D eigenvalue weighted by Gasteiger charge is 2.35. The Morgan fingerprint density at radius 3 is 1.57 bits per heavy atom. The number of ether oxygens (including phenoxy) is 1. The van der Waals surface area contributed by atoms with Crippen LogP contribution in [0.15, 0.2) is 103 Å². The summed E-state index contributed by atoms with van der Waals surface area (Å²) in [6.07, 6.45) is 1.81. The molecule has 0 fully saturated rings. The predicted molar refractivity (Wildman–Crippen MR) is 245 cm³/mol. The first-order chi connectivity index (χ1) is 32.3. The lowest BCUT2D eigenvalue weighted by molar-refractivity contribution is 0.105. The van der Waals surface area contributed by atoms with Crippen LogP contribution in [0.25, 0.3) is 12.2 Å². The summed E-state index contributed by atoms with van der Waals surface area (Å²) in [6.45, 7) is -0.406. The van der Waals surface area contributed by atoms with Crippen molar-refractivity contribution in [2.24, 2.45) is 10.2 Å². The molecule has 0 aliphatic heterocycles. The maximum Gasteiger partial charge on any atom is 0.296 e. The van der Waals surface area contributed by atoms with Gasteiger partial charge in [0.25, 0.3) is 40.5 Å². The van der Waals surface area contributed by atoms with Crippen molar-refractivity contribution in [2.75, 3.05) is 47.1 Å². The van der Waals surface area contributed by atoms with E-state index in [1.165, 1.54) is 49.6 Å². The van der Waals surface area contributed by atoms with E-state index in [1.807, 2.05) is 0 Å². The van der Waals surface area contributed by atoms with Crippen molar-refractivity contribution >= 4 is 116 Å². The van der Waals surface area contributed by atoms with Gasteiger partial charge in [0.15, 0.2) is 11.4 Å². The van der Waals surface area contributed by atoms with Crippen LogP contribution in [-0.4, -0.2) is 120 Å². The molecule has 0 saturated heterocycles. The second kappa shape index (κ2) is 18.7. The number of Topliss-reactive ketones (excluding diaryl/α,β-unsaturated/α-hetero) is 2. The van der Waals surface area contributed by atoms with Crippen LogP contribution in [0.1, 0.15) is 31.8 Å². The number of fused-ring (bicyclic) bond motifs is 2. The zero-order valence-corrected chi connectivity index (χ0v) is 37.8. The first-order valence-corrected chi connectivity index (χ1v) is 24.6. The molecule has 1 aromatic heterocycles. The van der Waals surface area contributed by atoms with Gasteiger partial charge in [-0.05, 0) is 90.0 Å². The number of aliphatic hydroxyl groups is 1.